The summed E-state index contributed by atoms with van der Waals surface area (Å²) in [6.07, 6.45) is -0.314. The third-order valence-corrected chi connectivity index (χ3v) is 3.05. The molecule has 0 aliphatic heterocycles. The van der Waals surface area contributed by atoms with Gasteiger partial charge in [-0.15, -0.1) is 0 Å². The van der Waals surface area contributed by atoms with Crippen molar-refractivity contribution in [3.8, 4) is 5.75 Å². The van der Waals surface area contributed by atoms with Crippen LogP contribution in [0.1, 0.15) is 28.4 Å². The van der Waals surface area contributed by atoms with Gasteiger partial charge in [-0.05, 0) is 42.7 Å². The van der Waals surface area contributed by atoms with Crippen LogP contribution >= 0.6 is 0 Å². The van der Waals surface area contributed by atoms with E-state index in [1.807, 2.05) is 44.2 Å². The molecule has 3 heteroatoms. The molecule has 0 heterocycles. The highest BCUT2D eigenvalue weighted by molar-refractivity contribution is 5.40. The molecule has 0 fully saturated rings. The lowest BCUT2D eigenvalue weighted by Gasteiger charge is -2.18. The first kappa shape index (κ1) is 12.6. The number of rotatable bonds is 3. The third kappa shape index (κ3) is 2.53. The van der Waals surface area contributed by atoms with Crippen molar-refractivity contribution in [3.05, 3.63) is 64.7 Å². The van der Waals surface area contributed by atoms with Gasteiger partial charge in [0.1, 0.15) is 11.9 Å². The predicted molar refractivity (Wildman–Crippen MR) is 71.1 cm³/mol. The number of aryl methyl sites for hydroxylation is 2. The van der Waals surface area contributed by atoms with E-state index in [0.717, 1.165) is 16.7 Å². The second-order valence-corrected chi connectivity index (χ2v) is 4.47. The van der Waals surface area contributed by atoms with Gasteiger partial charge in [0.05, 0.1) is 0 Å². The number of phenolic OH excluding ortho intramolecular Hbond substituents is 1. The molecule has 2 aromatic carbocycles. The lowest BCUT2D eigenvalue weighted by molar-refractivity contribution is 0.0809. The summed E-state index contributed by atoms with van der Waals surface area (Å²) in [4.78, 5) is 5.10. The van der Waals surface area contributed by atoms with Crippen LogP contribution in [0.5, 0.6) is 5.75 Å². The van der Waals surface area contributed by atoms with Crippen LogP contribution in [0.2, 0.25) is 0 Å². The highest BCUT2D eigenvalue weighted by atomic mass is 16.6. The van der Waals surface area contributed by atoms with E-state index in [0.29, 0.717) is 0 Å². The number of nitrogens with two attached hydrogens (primary N) is 1. The van der Waals surface area contributed by atoms with Crippen molar-refractivity contribution < 1.29 is 9.94 Å². The van der Waals surface area contributed by atoms with Crippen molar-refractivity contribution in [2.45, 2.75) is 20.0 Å². The first-order valence-electron chi connectivity index (χ1n) is 5.83. The fourth-order valence-electron chi connectivity index (χ4n) is 2.03. The Morgan fingerprint density at radius 3 is 2.28 bits per heavy atom. The predicted octanol–water partition coefficient (Wildman–Crippen LogP) is 2.99. The zero-order valence-electron chi connectivity index (χ0n) is 10.6. The Hall–Kier alpha value is -1.84. The van der Waals surface area contributed by atoms with Crippen molar-refractivity contribution in [1.29, 1.82) is 0 Å². The van der Waals surface area contributed by atoms with Crippen molar-refractivity contribution in [3.63, 3.8) is 0 Å². The minimum atomic E-state index is -0.314. The summed E-state index contributed by atoms with van der Waals surface area (Å²) in [5, 5.41) is 9.43. The fourth-order valence-corrected chi connectivity index (χ4v) is 2.03. The molecule has 0 saturated carbocycles. The van der Waals surface area contributed by atoms with Crippen molar-refractivity contribution in [2.75, 3.05) is 0 Å². The first-order valence-corrected chi connectivity index (χ1v) is 5.83. The molecular weight excluding hydrogens is 226 g/mol. The van der Waals surface area contributed by atoms with Gasteiger partial charge in [-0.25, -0.2) is 5.90 Å². The summed E-state index contributed by atoms with van der Waals surface area (Å²) >= 11 is 0. The van der Waals surface area contributed by atoms with Gasteiger partial charge in [-0.1, -0.05) is 35.9 Å². The fraction of sp³-hybridized carbons (Fsp3) is 0.200. The van der Waals surface area contributed by atoms with E-state index in [-0.39, 0.29) is 11.9 Å². The average Bonchev–Trinajstić information content (AvgIpc) is 2.35. The van der Waals surface area contributed by atoms with Crippen LogP contribution in [0.15, 0.2) is 42.5 Å². The molecule has 94 valence electrons. The van der Waals surface area contributed by atoms with Crippen molar-refractivity contribution in [2.24, 2.45) is 5.90 Å². The Kier molecular flexibility index (Phi) is 3.65. The van der Waals surface area contributed by atoms with E-state index < -0.39 is 0 Å². The highest BCUT2D eigenvalue weighted by Crippen LogP contribution is 2.29. The van der Waals surface area contributed by atoms with E-state index in [4.69, 9.17) is 10.7 Å². The van der Waals surface area contributed by atoms with Crippen LogP contribution in [0, 0.1) is 13.8 Å². The maximum Gasteiger partial charge on any atom is 0.129 e. The van der Waals surface area contributed by atoms with Crippen molar-refractivity contribution >= 4 is 0 Å². The number of phenols is 1. The Morgan fingerprint density at radius 1 is 1.06 bits per heavy atom. The number of benzene rings is 2. The number of hydrogen-bond acceptors (Lipinski definition) is 3. The molecule has 0 amide bonds. The van der Waals surface area contributed by atoms with Crippen LogP contribution in [-0.2, 0) is 4.84 Å². The van der Waals surface area contributed by atoms with Crippen LogP contribution in [0.25, 0.3) is 0 Å². The standard InChI is InChI=1S/C15H17NO2/c1-10-3-5-12(6-4-10)15(18-16)14-8-7-13(17)9-11(14)2/h3-9,15,17H,16H2,1-2H3. The smallest absolute Gasteiger partial charge is 0.129 e. The van der Waals surface area contributed by atoms with E-state index in [1.165, 1.54) is 5.56 Å². The third-order valence-electron chi connectivity index (χ3n) is 3.05. The molecule has 0 radical (unpaired) electrons. The van der Waals surface area contributed by atoms with Gasteiger partial charge < -0.3 is 5.11 Å². The van der Waals surface area contributed by atoms with Gasteiger partial charge in [-0.2, -0.15) is 0 Å². The molecule has 0 spiro atoms. The molecule has 3 N–H and O–H groups in total. The SMILES string of the molecule is Cc1ccc(C(ON)c2ccc(O)cc2C)cc1. The second-order valence-electron chi connectivity index (χ2n) is 4.47. The van der Waals surface area contributed by atoms with Gasteiger partial charge in [0, 0.05) is 0 Å². The van der Waals surface area contributed by atoms with E-state index >= 15 is 0 Å². The Labute approximate surface area is 107 Å². The van der Waals surface area contributed by atoms with Crippen molar-refractivity contribution in [1.82, 2.24) is 0 Å². The Balaban J connectivity index is 2.41. The molecular formula is C15H17NO2. The van der Waals surface area contributed by atoms with Gasteiger partial charge in [-0.3, -0.25) is 4.84 Å². The average molecular weight is 243 g/mol. The number of hydrogen-bond donors (Lipinski definition) is 2. The highest BCUT2D eigenvalue weighted by Gasteiger charge is 2.16. The normalized spacial score (nSPS) is 12.4. The zero-order chi connectivity index (χ0) is 13.1. The largest absolute Gasteiger partial charge is 0.508 e. The lowest BCUT2D eigenvalue weighted by atomic mass is 9.96. The molecule has 0 aliphatic carbocycles. The molecule has 2 rings (SSSR count). The quantitative estimate of drug-likeness (QED) is 0.815. The van der Waals surface area contributed by atoms with Crippen LogP contribution < -0.4 is 5.90 Å². The summed E-state index contributed by atoms with van der Waals surface area (Å²) < 4.78 is 0. The van der Waals surface area contributed by atoms with Gasteiger partial charge in [0.15, 0.2) is 0 Å². The molecule has 0 bridgehead atoms. The Morgan fingerprint density at radius 2 is 1.72 bits per heavy atom. The maximum atomic E-state index is 9.43. The minimum absolute atomic E-state index is 0.246. The summed E-state index contributed by atoms with van der Waals surface area (Å²) in [6, 6.07) is 13.2. The topological polar surface area (TPSA) is 55.5 Å². The second kappa shape index (κ2) is 5.21. The zero-order valence-corrected chi connectivity index (χ0v) is 10.6. The molecule has 0 saturated heterocycles. The summed E-state index contributed by atoms with van der Waals surface area (Å²) in [6.45, 7) is 3.96. The van der Waals surface area contributed by atoms with Crippen LogP contribution in [-0.4, -0.2) is 5.11 Å². The molecule has 0 aromatic heterocycles. The molecule has 18 heavy (non-hydrogen) atoms. The minimum Gasteiger partial charge on any atom is -0.508 e. The Bertz CT molecular complexity index is 535. The van der Waals surface area contributed by atoms with Gasteiger partial charge >= 0.3 is 0 Å². The maximum absolute atomic E-state index is 9.43. The molecule has 1 unspecified atom stereocenters. The monoisotopic (exact) mass is 243 g/mol. The van der Waals surface area contributed by atoms with Gasteiger partial charge in [0.2, 0.25) is 0 Å². The number of aromatic hydroxyl groups is 1. The van der Waals surface area contributed by atoms with Gasteiger partial charge in [0.25, 0.3) is 0 Å². The molecule has 2 aromatic rings. The van der Waals surface area contributed by atoms with Crippen LogP contribution in [0.3, 0.4) is 0 Å². The van der Waals surface area contributed by atoms with E-state index in [2.05, 4.69) is 0 Å². The first-order chi connectivity index (χ1) is 8.61. The van der Waals surface area contributed by atoms with Crippen LogP contribution in [0.4, 0.5) is 0 Å². The van der Waals surface area contributed by atoms with E-state index in [1.54, 1.807) is 12.1 Å². The summed E-state index contributed by atoms with van der Waals surface area (Å²) in [5.74, 6) is 5.67. The summed E-state index contributed by atoms with van der Waals surface area (Å²) in [7, 11) is 0. The molecule has 0 aliphatic rings. The lowest BCUT2D eigenvalue weighted by Crippen LogP contribution is -2.12. The molecule has 1 atom stereocenters. The van der Waals surface area contributed by atoms with E-state index in [9.17, 15) is 5.11 Å². The molecule has 3 nitrogen and oxygen atoms in total. The summed E-state index contributed by atoms with van der Waals surface area (Å²) in [5.41, 5.74) is 4.10.